The fourth-order valence-electron chi connectivity index (χ4n) is 4.73. The van der Waals surface area contributed by atoms with Gasteiger partial charge in [-0.25, -0.2) is 4.99 Å². The Hall–Kier alpha value is -3.13. The second-order valence-electron chi connectivity index (χ2n) is 10.2. The van der Waals surface area contributed by atoms with Gasteiger partial charge in [0.2, 0.25) is 0 Å². The normalized spacial score (nSPS) is 16.0. The number of hydrogen-bond acceptors (Lipinski definition) is 5. The van der Waals surface area contributed by atoms with Crippen LogP contribution in [0, 0.1) is 5.92 Å². The summed E-state index contributed by atoms with van der Waals surface area (Å²) in [5.41, 5.74) is 3.50. The van der Waals surface area contributed by atoms with E-state index >= 15 is 0 Å². The third kappa shape index (κ3) is 5.59. The SMILES string of the molecule is CCC(=Nc1cnn(C2CCN(C(C)C)CC2)c1)c1c(O)[nH]c2ccc(C(=O)NCC(C)C)cc12. The number of aromatic amines is 1. The first-order chi connectivity index (χ1) is 16.8. The van der Waals surface area contributed by atoms with E-state index in [9.17, 15) is 9.90 Å². The number of nitrogens with zero attached hydrogens (tertiary/aromatic N) is 4. The maximum absolute atomic E-state index is 12.6. The number of rotatable bonds is 8. The summed E-state index contributed by atoms with van der Waals surface area (Å²) in [6.07, 6.45) is 6.58. The van der Waals surface area contributed by atoms with Crippen LogP contribution in [-0.2, 0) is 0 Å². The number of likely N-dealkylation sites (tertiary alicyclic amines) is 1. The second kappa shape index (κ2) is 10.6. The van der Waals surface area contributed by atoms with E-state index in [-0.39, 0.29) is 11.8 Å². The van der Waals surface area contributed by atoms with Crippen LogP contribution in [0.2, 0.25) is 0 Å². The molecular weight excluding hydrogens is 440 g/mol. The Bertz CT molecular complexity index is 1200. The summed E-state index contributed by atoms with van der Waals surface area (Å²) in [7, 11) is 0. The molecule has 1 amide bonds. The number of benzene rings is 1. The predicted octanol–water partition coefficient (Wildman–Crippen LogP) is 5.03. The highest BCUT2D eigenvalue weighted by atomic mass is 16.3. The zero-order valence-corrected chi connectivity index (χ0v) is 21.5. The summed E-state index contributed by atoms with van der Waals surface area (Å²) in [5, 5.41) is 19.1. The van der Waals surface area contributed by atoms with Crippen molar-refractivity contribution in [2.45, 2.75) is 66.0 Å². The molecule has 8 heteroatoms. The number of amides is 1. The van der Waals surface area contributed by atoms with E-state index < -0.39 is 0 Å². The van der Waals surface area contributed by atoms with Gasteiger partial charge in [-0.05, 0) is 57.2 Å². The largest absolute Gasteiger partial charge is 0.494 e. The lowest BCUT2D eigenvalue weighted by molar-refractivity contribution is 0.0949. The van der Waals surface area contributed by atoms with Crippen molar-refractivity contribution in [2.75, 3.05) is 19.6 Å². The standard InChI is InChI=1S/C27H38N6O2/c1-6-23(30-20-15-29-33(16-20)21-9-11-32(12-10-21)18(4)5)25-22-13-19(26(34)28-14-17(2)3)7-8-24(22)31-27(25)35/h7-8,13,15-18,21,31,35H,6,9-12,14H2,1-5H3,(H,28,34). The maximum atomic E-state index is 12.6. The number of hydrogen-bond donors (Lipinski definition) is 3. The van der Waals surface area contributed by atoms with Crippen LogP contribution in [0.25, 0.3) is 10.9 Å². The van der Waals surface area contributed by atoms with Crippen molar-refractivity contribution < 1.29 is 9.90 Å². The third-order valence-corrected chi connectivity index (χ3v) is 6.79. The molecule has 0 spiro atoms. The topological polar surface area (TPSA) is 98.5 Å². The maximum Gasteiger partial charge on any atom is 0.251 e. The molecule has 0 unspecified atom stereocenters. The van der Waals surface area contributed by atoms with Gasteiger partial charge in [-0.3, -0.25) is 9.48 Å². The molecule has 35 heavy (non-hydrogen) atoms. The number of aromatic nitrogens is 3. The highest BCUT2D eigenvalue weighted by molar-refractivity contribution is 6.14. The van der Waals surface area contributed by atoms with Crippen molar-refractivity contribution in [3.05, 3.63) is 41.7 Å². The van der Waals surface area contributed by atoms with Gasteiger partial charge in [0.1, 0.15) is 5.69 Å². The highest BCUT2D eigenvalue weighted by Crippen LogP contribution is 2.31. The lowest BCUT2D eigenvalue weighted by atomic mass is 10.0. The van der Waals surface area contributed by atoms with Crippen molar-refractivity contribution in [3.63, 3.8) is 0 Å². The molecule has 0 bridgehead atoms. The third-order valence-electron chi connectivity index (χ3n) is 6.79. The van der Waals surface area contributed by atoms with E-state index in [0.717, 1.165) is 48.2 Å². The quantitative estimate of drug-likeness (QED) is 0.395. The molecule has 0 saturated carbocycles. The molecule has 1 saturated heterocycles. The summed E-state index contributed by atoms with van der Waals surface area (Å²) in [5.74, 6) is 0.317. The van der Waals surface area contributed by atoms with E-state index in [0.29, 0.717) is 42.1 Å². The Morgan fingerprint density at radius 2 is 2.00 bits per heavy atom. The van der Waals surface area contributed by atoms with Crippen LogP contribution in [-0.4, -0.2) is 62.1 Å². The van der Waals surface area contributed by atoms with Crippen molar-refractivity contribution in [1.29, 1.82) is 0 Å². The van der Waals surface area contributed by atoms with Crippen molar-refractivity contribution in [1.82, 2.24) is 25.0 Å². The fourth-order valence-corrected chi connectivity index (χ4v) is 4.73. The van der Waals surface area contributed by atoms with Crippen LogP contribution in [0.15, 0.2) is 35.6 Å². The summed E-state index contributed by atoms with van der Waals surface area (Å²) in [4.78, 5) is 23.0. The van der Waals surface area contributed by atoms with E-state index in [1.165, 1.54) is 0 Å². The molecule has 1 fully saturated rings. The van der Waals surface area contributed by atoms with E-state index in [1.54, 1.807) is 12.3 Å². The number of aromatic hydroxyl groups is 1. The van der Waals surface area contributed by atoms with E-state index in [1.807, 2.05) is 29.9 Å². The summed E-state index contributed by atoms with van der Waals surface area (Å²) in [6.45, 7) is 13.4. The average molecular weight is 479 g/mol. The summed E-state index contributed by atoms with van der Waals surface area (Å²) in [6, 6.07) is 6.39. The number of carbonyl (C=O) groups is 1. The molecule has 0 aliphatic carbocycles. The van der Waals surface area contributed by atoms with Gasteiger partial charge in [0, 0.05) is 42.1 Å². The lowest BCUT2D eigenvalue weighted by Crippen LogP contribution is -2.39. The molecule has 8 nitrogen and oxygen atoms in total. The van der Waals surface area contributed by atoms with Crippen LogP contribution in [0.1, 0.15) is 75.8 Å². The molecule has 0 radical (unpaired) electrons. The summed E-state index contributed by atoms with van der Waals surface area (Å²) >= 11 is 0. The smallest absolute Gasteiger partial charge is 0.251 e. The first-order valence-electron chi connectivity index (χ1n) is 12.8. The Morgan fingerprint density at radius 3 is 2.66 bits per heavy atom. The monoisotopic (exact) mass is 478 g/mol. The highest BCUT2D eigenvalue weighted by Gasteiger charge is 2.23. The molecule has 3 heterocycles. The minimum Gasteiger partial charge on any atom is -0.494 e. The van der Waals surface area contributed by atoms with Crippen LogP contribution in [0.5, 0.6) is 5.88 Å². The molecule has 188 valence electrons. The Balaban J connectivity index is 1.59. The van der Waals surface area contributed by atoms with Gasteiger partial charge in [0.05, 0.1) is 29.7 Å². The molecule has 1 aliphatic rings. The van der Waals surface area contributed by atoms with Gasteiger partial charge in [-0.2, -0.15) is 5.10 Å². The van der Waals surface area contributed by atoms with Crippen molar-refractivity contribution in [2.24, 2.45) is 10.9 Å². The molecule has 3 aromatic rings. The molecule has 1 aliphatic heterocycles. The molecular formula is C27H38N6O2. The Morgan fingerprint density at radius 1 is 1.26 bits per heavy atom. The van der Waals surface area contributed by atoms with Gasteiger partial charge in [0.15, 0.2) is 5.88 Å². The lowest BCUT2D eigenvalue weighted by Gasteiger charge is -2.34. The zero-order chi connectivity index (χ0) is 25.1. The number of H-pyrrole nitrogens is 1. The minimum absolute atomic E-state index is 0.0637. The Kier molecular flexibility index (Phi) is 7.60. The molecule has 1 aromatic carbocycles. The van der Waals surface area contributed by atoms with Crippen LogP contribution in [0.4, 0.5) is 5.69 Å². The number of aliphatic imine (C=N–C) groups is 1. The Labute approximate surface area is 207 Å². The van der Waals surface area contributed by atoms with Gasteiger partial charge in [-0.15, -0.1) is 0 Å². The minimum atomic E-state index is -0.119. The van der Waals surface area contributed by atoms with Crippen LogP contribution in [0.3, 0.4) is 0 Å². The van der Waals surface area contributed by atoms with Crippen LogP contribution < -0.4 is 5.32 Å². The number of piperidine rings is 1. The average Bonchev–Trinajstić information content (AvgIpc) is 3.44. The second-order valence-corrected chi connectivity index (χ2v) is 10.2. The van der Waals surface area contributed by atoms with Crippen molar-refractivity contribution >= 4 is 28.2 Å². The molecule has 0 atom stereocenters. The zero-order valence-electron chi connectivity index (χ0n) is 21.5. The number of carbonyl (C=O) groups excluding carboxylic acids is 1. The van der Waals surface area contributed by atoms with E-state index in [4.69, 9.17) is 4.99 Å². The van der Waals surface area contributed by atoms with Crippen LogP contribution >= 0.6 is 0 Å². The van der Waals surface area contributed by atoms with Crippen molar-refractivity contribution in [3.8, 4) is 5.88 Å². The molecule has 3 N–H and O–H groups in total. The summed E-state index contributed by atoms with van der Waals surface area (Å²) < 4.78 is 2.04. The van der Waals surface area contributed by atoms with Gasteiger partial charge < -0.3 is 20.3 Å². The first-order valence-corrected chi connectivity index (χ1v) is 12.8. The fraction of sp³-hybridized carbons (Fsp3) is 0.519. The molecule has 4 rings (SSSR count). The number of nitrogens with one attached hydrogen (secondary N) is 2. The van der Waals surface area contributed by atoms with Gasteiger partial charge in [-0.1, -0.05) is 20.8 Å². The predicted molar refractivity (Wildman–Crippen MR) is 141 cm³/mol. The van der Waals surface area contributed by atoms with Gasteiger partial charge >= 0.3 is 0 Å². The van der Waals surface area contributed by atoms with E-state index in [2.05, 4.69) is 48.0 Å². The first kappa shape index (κ1) is 25.0. The van der Waals surface area contributed by atoms with Gasteiger partial charge in [0.25, 0.3) is 5.91 Å². The molecule has 2 aromatic heterocycles. The number of fused-ring (bicyclic) bond motifs is 1.